The molecule has 0 saturated carbocycles. The maximum Gasteiger partial charge on any atom is 0.0846 e. The van der Waals surface area contributed by atoms with Gasteiger partial charge in [-0.3, -0.25) is 0 Å². The second-order valence-electron chi connectivity index (χ2n) is 3.73. The Bertz CT molecular complexity index is 462. The van der Waals surface area contributed by atoms with E-state index in [9.17, 15) is 0 Å². The normalized spacial score (nSPS) is 10.9. The highest BCUT2D eigenvalue weighted by Gasteiger charge is 2.11. The Labute approximate surface area is 102 Å². The molecule has 1 heterocycles. The molecule has 0 bridgehead atoms. The quantitative estimate of drug-likeness (QED) is 0.778. The summed E-state index contributed by atoms with van der Waals surface area (Å²) in [7, 11) is 0. The van der Waals surface area contributed by atoms with E-state index in [-0.39, 0.29) is 0 Å². The van der Waals surface area contributed by atoms with Gasteiger partial charge in [-0.2, -0.15) is 0 Å². The van der Waals surface area contributed by atoms with Gasteiger partial charge in [-0.05, 0) is 18.1 Å². The van der Waals surface area contributed by atoms with Crippen LogP contribution in [0, 0.1) is 0 Å². The molecule has 1 nitrogen and oxygen atoms in total. The minimum atomic E-state index is 0.534. The molecule has 0 aliphatic carbocycles. The van der Waals surface area contributed by atoms with Crippen LogP contribution in [0.3, 0.4) is 0 Å². The summed E-state index contributed by atoms with van der Waals surface area (Å²) in [6.45, 7) is 4.41. The van der Waals surface area contributed by atoms with Crippen LogP contribution in [0.5, 0.6) is 0 Å². The molecule has 1 aromatic carbocycles. The van der Waals surface area contributed by atoms with E-state index in [4.69, 9.17) is 0 Å². The lowest BCUT2D eigenvalue weighted by atomic mass is 10.1. The van der Waals surface area contributed by atoms with Gasteiger partial charge in [-0.1, -0.05) is 41.9 Å². The number of hydrogen-bond donors (Lipinski definition) is 0. The van der Waals surface area contributed by atoms with Crippen LogP contribution in [0.4, 0.5) is 0 Å². The molecule has 0 fully saturated rings. The lowest BCUT2D eigenvalue weighted by molar-refractivity contribution is 0.888. The highest BCUT2D eigenvalue weighted by atomic mass is 79.9. The van der Waals surface area contributed by atoms with Crippen molar-refractivity contribution in [3.05, 3.63) is 39.1 Å². The molecule has 0 aliphatic heterocycles. The van der Waals surface area contributed by atoms with Crippen LogP contribution < -0.4 is 0 Å². The number of aromatic nitrogens is 1. The van der Waals surface area contributed by atoms with E-state index >= 15 is 0 Å². The number of thiazole rings is 1. The van der Waals surface area contributed by atoms with Crippen molar-refractivity contribution < 1.29 is 0 Å². The highest BCUT2D eigenvalue weighted by Crippen LogP contribution is 2.32. The SMILES string of the molecule is CC(C)c1scnc1-c1cccc(Br)c1. The minimum Gasteiger partial charge on any atom is -0.244 e. The molecule has 0 saturated heterocycles. The van der Waals surface area contributed by atoms with Crippen LogP contribution in [0.25, 0.3) is 11.3 Å². The summed E-state index contributed by atoms with van der Waals surface area (Å²) in [5.74, 6) is 0.534. The van der Waals surface area contributed by atoms with E-state index in [0.29, 0.717) is 5.92 Å². The van der Waals surface area contributed by atoms with Crippen LogP contribution in [0.15, 0.2) is 34.2 Å². The molecule has 0 unspecified atom stereocenters. The molecular formula is C12H12BrNS. The van der Waals surface area contributed by atoms with Crippen molar-refractivity contribution in [3.8, 4) is 11.3 Å². The summed E-state index contributed by atoms with van der Waals surface area (Å²) in [5, 5.41) is 0. The summed E-state index contributed by atoms with van der Waals surface area (Å²) < 4.78 is 1.10. The van der Waals surface area contributed by atoms with Gasteiger partial charge in [-0.15, -0.1) is 11.3 Å². The topological polar surface area (TPSA) is 12.9 Å². The summed E-state index contributed by atoms with van der Waals surface area (Å²) in [6, 6.07) is 8.29. The molecule has 1 aromatic heterocycles. The fourth-order valence-electron chi connectivity index (χ4n) is 1.52. The lowest BCUT2D eigenvalue weighted by Crippen LogP contribution is -1.87. The Morgan fingerprint density at radius 1 is 1.33 bits per heavy atom. The standard InChI is InChI=1S/C12H12BrNS/c1-8(2)12-11(14-7-15-12)9-4-3-5-10(13)6-9/h3-8H,1-2H3. The van der Waals surface area contributed by atoms with Gasteiger partial charge in [0, 0.05) is 14.9 Å². The first-order chi connectivity index (χ1) is 7.18. The second-order valence-corrected chi connectivity index (χ2v) is 5.53. The monoisotopic (exact) mass is 281 g/mol. The second kappa shape index (κ2) is 4.45. The number of benzene rings is 1. The average molecular weight is 282 g/mol. The van der Waals surface area contributed by atoms with Crippen molar-refractivity contribution in [1.29, 1.82) is 0 Å². The Balaban J connectivity index is 2.49. The Morgan fingerprint density at radius 3 is 2.80 bits per heavy atom. The van der Waals surface area contributed by atoms with Gasteiger partial charge >= 0.3 is 0 Å². The van der Waals surface area contributed by atoms with Gasteiger partial charge in [0.1, 0.15) is 0 Å². The summed E-state index contributed by atoms with van der Waals surface area (Å²) in [4.78, 5) is 5.80. The van der Waals surface area contributed by atoms with Crippen LogP contribution in [0.2, 0.25) is 0 Å². The molecule has 78 valence electrons. The highest BCUT2D eigenvalue weighted by molar-refractivity contribution is 9.10. The van der Waals surface area contributed by atoms with E-state index in [0.717, 1.165) is 10.2 Å². The molecule has 15 heavy (non-hydrogen) atoms. The van der Waals surface area contributed by atoms with Crippen molar-refractivity contribution >= 4 is 27.3 Å². The van der Waals surface area contributed by atoms with Gasteiger partial charge in [0.05, 0.1) is 11.2 Å². The van der Waals surface area contributed by atoms with Crippen LogP contribution in [0.1, 0.15) is 24.6 Å². The fraction of sp³-hybridized carbons (Fsp3) is 0.250. The van der Waals surface area contributed by atoms with Gasteiger partial charge in [0.25, 0.3) is 0 Å². The number of halogens is 1. The summed E-state index contributed by atoms with van der Waals surface area (Å²) in [5.41, 5.74) is 4.23. The van der Waals surface area contributed by atoms with Crippen LogP contribution in [-0.4, -0.2) is 4.98 Å². The van der Waals surface area contributed by atoms with Gasteiger partial charge in [0.15, 0.2) is 0 Å². The third kappa shape index (κ3) is 2.29. The fourth-order valence-corrected chi connectivity index (χ4v) is 2.74. The molecule has 2 aromatic rings. The van der Waals surface area contributed by atoms with Gasteiger partial charge in [0.2, 0.25) is 0 Å². The van der Waals surface area contributed by atoms with E-state index in [1.54, 1.807) is 11.3 Å². The molecule has 0 amide bonds. The van der Waals surface area contributed by atoms with Gasteiger partial charge < -0.3 is 0 Å². The van der Waals surface area contributed by atoms with E-state index < -0.39 is 0 Å². The molecule has 0 atom stereocenters. The largest absolute Gasteiger partial charge is 0.244 e. The Hall–Kier alpha value is -0.670. The zero-order valence-electron chi connectivity index (χ0n) is 8.70. The van der Waals surface area contributed by atoms with Crippen molar-refractivity contribution in [2.24, 2.45) is 0 Å². The first-order valence-corrected chi connectivity index (χ1v) is 6.55. The van der Waals surface area contributed by atoms with E-state index in [1.807, 2.05) is 17.6 Å². The average Bonchev–Trinajstić information content (AvgIpc) is 2.65. The molecule has 2 rings (SSSR count). The third-order valence-electron chi connectivity index (χ3n) is 2.22. The first kappa shape index (κ1) is 10.8. The molecule has 3 heteroatoms. The van der Waals surface area contributed by atoms with Crippen molar-refractivity contribution in [3.63, 3.8) is 0 Å². The number of rotatable bonds is 2. The smallest absolute Gasteiger partial charge is 0.0846 e. The number of nitrogens with zero attached hydrogens (tertiary/aromatic N) is 1. The van der Waals surface area contributed by atoms with Crippen molar-refractivity contribution in [1.82, 2.24) is 4.98 Å². The summed E-state index contributed by atoms with van der Waals surface area (Å²) >= 11 is 5.22. The van der Waals surface area contributed by atoms with Gasteiger partial charge in [-0.25, -0.2) is 4.98 Å². The first-order valence-electron chi connectivity index (χ1n) is 4.88. The molecule has 0 aliphatic rings. The molecule has 0 N–H and O–H groups in total. The predicted molar refractivity (Wildman–Crippen MR) is 69.3 cm³/mol. The lowest BCUT2D eigenvalue weighted by Gasteiger charge is -2.05. The number of hydrogen-bond acceptors (Lipinski definition) is 2. The molecular weight excluding hydrogens is 270 g/mol. The zero-order chi connectivity index (χ0) is 10.8. The Kier molecular flexibility index (Phi) is 3.22. The van der Waals surface area contributed by atoms with Crippen molar-refractivity contribution in [2.75, 3.05) is 0 Å². The predicted octanol–water partition coefficient (Wildman–Crippen LogP) is 4.70. The third-order valence-corrected chi connectivity index (χ3v) is 3.84. The van der Waals surface area contributed by atoms with Crippen molar-refractivity contribution in [2.45, 2.75) is 19.8 Å². The summed E-state index contributed by atoms with van der Waals surface area (Å²) in [6.07, 6.45) is 0. The van der Waals surface area contributed by atoms with E-state index in [1.165, 1.54) is 10.4 Å². The maximum absolute atomic E-state index is 4.45. The maximum atomic E-state index is 4.45. The molecule has 0 spiro atoms. The minimum absolute atomic E-state index is 0.534. The van der Waals surface area contributed by atoms with Crippen LogP contribution in [-0.2, 0) is 0 Å². The van der Waals surface area contributed by atoms with E-state index in [2.05, 4.69) is 46.9 Å². The molecule has 0 radical (unpaired) electrons. The Morgan fingerprint density at radius 2 is 2.13 bits per heavy atom. The zero-order valence-corrected chi connectivity index (χ0v) is 11.1. The van der Waals surface area contributed by atoms with Crippen LogP contribution >= 0.6 is 27.3 Å².